The smallest absolute Gasteiger partial charge is 0.234 e. The third kappa shape index (κ3) is 5.07. The number of thioether (sulfide) groups is 1. The molecule has 0 aliphatic carbocycles. The fourth-order valence-corrected chi connectivity index (χ4v) is 3.84. The highest BCUT2D eigenvalue weighted by molar-refractivity contribution is 7.99. The number of nitrogens with one attached hydrogen (secondary N) is 1. The van der Waals surface area contributed by atoms with E-state index in [1.807, 2.05) is 59.2 Å². The summed E-state index contributed by atoms with van der Waals surface area (Å²) in [6.07, 6.45) is 0. The van der Waals surface area contributed by atoms with E-state index < -0.39 is 0 Å². The summed E-state index contributed by atoms with van der Waals surface area (Å²) in [4.78, 5) is 12.5. The first-order valence-corrected chi connectivity index (χ1v) is 10.8. The predicted molar refractivity (Wildman–Crippen MR) is 124 cm³/mol. The van der Waals surface area contributed by atoms with E-state index in [0.717, 1.165) is 17.0 Å². The zero-order chi connectivity index (χ0) is 21.6. The van der Waals surface area contributed by atoms with Gasteiger partial charge >= 0.3 is 0 Å². The van der Waals surface area contributed by atoms with Crippen LogP contribution in [-0.2, 0) is 4.79 Å². The van der Waals surface area contributed by atoms with E-state index in [2.05, 4.69) is 15.5 Å². The predicted octanol–water partition coefficient (Wildman–Crippen LogP) is 5.33. The van der Waals surface area contributed by atoms with Gasteiger partial charge in [0.25, 0.3) is 0 Å². The second kappa shape index (κ2) is 9.68. The van der Waals surface area contributed by atoms with Gasteiger partial charge in [0.2, 0.25) is 5.91 Å². The van der Waals surface area contributed by atoms with E-state index >= 15 is 0 Å². The zero-order valence-corrected chi connectivity index (χ0v) is 18.2. The largest absolute Gasteiger partial charge is 0.497 e. The van der Waals surface area contributed by atoms with Crippen LogP contribution >= 0.6 is 23.4 Å². The second-order valence-corrected chi connectivity index (χ2v) is 7.93. The molecule has 0 saturated heterocycles. The first-order valence-electron chi connectivity index (χ1n) is 9.47. The van der Waals surface area contributed by atoms with Gasteiger partial charge in [0.15, 0.2) is 11.0 Å². The number of nitrogens with zero attached hydrogens (tertiary/aromatic N) is 3. The highest BCUT2D eigenvalue weighted by Gasteiger charge is 2.17. The molecule has 0 spiro atoms. The molecule has 4 aromatic rings. The van der Waals surface area contributed by atoms with Crippen LogP contribution in [-0.4, -0.2) is 33.5 Å². The van der Waals surface area contributed by atoms with Crippen molar-refractivity contribution in [2.75, 3.05) is 18.2 Å². The number of rotatable bonds is 7. The first-order chi connectivity index (χ1) is 15.1. The molecule has 156 valence electrons. The molecule has 8 heteroatoms. The molecule has 3 aromatic carbocycles. The molecular weight excluding hydrogens is 432 g/mol. The maximum Gasteiger partial charge on any atom is 0.234 e. The van der Waals surface area contributed by atoms with Crippen molar-refractivity contribution in [3.8, 4) is 22.8 Å². The SMILES string of the molecule is COc1ccc(NC(=O)CSc2nnc(-c3ccccc3)n2-c2ccc(Cl)cc2)cc1. The van der Waals surface area contributed by atoms with E-state index in [-0.39, 0.29) is 11.7 Å². The quantitative estimate of drug-likeness (QED) is 0.385. The number of hydrogen-bond donors (Lipinski definition) is 1. The van der Waals surface area contributed by atoms with Crippen LogP contribution in [0.3, 0.4) is 0 Å². The van der Waals surface area contributed by atoms with Gasteiger partial charge in [0.05, 0.1) is 12.9 Å². The Morgan fingerprint density at radius 2 is 1.71 bits per heavy atom. The van der Waals surface area contributed by atoms with Crippen LogP contribution in [0.15, 0.2) is 84.0 Å². The Kier molecular flexibility index (Phi) is 6.54. The Balaban J connectivity index is 1.55. The number of hydrogen-bond acceptors (Lipinski definition) is 5. The fourth-order valence-electron chi connectivity index (χ4n) is 2.96. The van der Waals surface area contributed by atoms with Crippen molar-refractivity contribution in [2.45, 2.75) is 5.16 Å². The van der Waals surface area contributed by atoms with Crippen LogP contribution in [0.4, 0.5) is 5.69 Å². The van der Waals surface area contributed by atoms with Crippen molar-refractivity contribution in [3.63, 3.8) is 0 Å². The zero-order valence-electron chi connectivity index (χ0n) is 16.7. The summed E-state index contributed by atoms with van der Waals surface area (Å²) in [6, 6.07) is 24.4. The number of methoxy groups -OCH3 is 1. The molecule has 0 fully saturated rings. The van der Waals surface area contributed by atoms with Gasteiger partial charge in [-0.05, 0) is 48.5 Å². The molecule has 0 aliphatic heterocycles. The van der Waals surface area contributed by atoms with Gasteiger partial charge in [0, 0.05) is 22.0 Å². The van der Waals surface area contributed by atoms with Crippen LogP contribution in [0.25, 0.3) is 17.1 Å². The van der Waals surface area contributed by atoms with Crippen molar-refractivity contribution >= 4 is 35.0 Å². The van der Waals surface area contributed by atoms with Crippen molar-refractivity contribution in [1.29, 1.82) is 0 Å². The van der Waals surface area contributed by atoms with Crippen LogP contribution in [0.1, 0.15) is 0 Å². The molecule has 0 saturated carbocycles. The Labute approximate surface area is 189 Å². The minimum Gasteiger partial charge on any atom is -0.497 e. The van der Waals surface area contributed by atoms with E-state index in [4.69, 9.17) is 16.3 Å². The highest BCUT2D eigenvalue weighted by atomic mass is 35.5. The van der Waals surface area contributed by atoms with Gasteiger partial charge in [-0.2, -0.15) is 0 Å². The average molecular weight is 451 g/mol. The molecule has 1 aromatic heterocycles. The monoisotopic (exact) mass is 450 g/mol. The highest BCUT2D eigenvalue weighted by Crippen LogP contribution is 2.28. The number of anilines is 1. The summed E-state index contributed by atoms with van der Waals surface area (Å²) >= 11 is 7.38. The van der Waals surface area contributed by atoms with Crippen molar-refractivity contribution < 1.29 is 9.53 Å². The minimum atomic E-state index is -0.137. The normalized spacial score (nSPS) is 10.6. The number of halogens is 1. The molecule has 4 rings (SSSR count). The Morgan fingerprint density at radius 3 is 2.39 bits per heavy atom. The number of amides is 1. The molecule has 0 atom stereocenters. The lowest BCUT2D eigenvalue weighted by atomic mass is 10.2. The Bertz CT molecular complexity index is 1160. The molecule has 0 unspecified atom stereocenters. The lowest BCUT2D eigenvalue weighted by Crippen LogP contribution is -2.14. The van der Waals surface area contributed by atoms with E-state index in [0.29, 0.717) is 21.7 Å². The molecule has 0 bridgehead atoms. The van der Waals surface area contributed by atoms with Crippen molar-refractivity contribution in [1.82, 2.24) is 14.8 Å². The third-order valence-corrected chi connectivity index (χ3v) is 5.64. The average Bonchev–Trinajstić information content (AvgIpc) is 3.23. The van der Waals surface area contributed by atoms with E-state index in [1.54, 1.807) is 31.4 Å². The molecule has 0 aliphatic rings. The fraction of sp³-hybridized carbons (Fsp3) is 0.0870. The Hall–Kier alpha value is -3.29. The third-order valence-electron chi connectivity index (χ3n) is 4.46. The first kappa shape index (κ1) is 21.0. The number of ether oxygens (including phenoxy) is 1. The summed E-state index contributed by atoms with van der Waals surface area (Å²) < 4.78 is 7.07. The molecule has 0 radical (unpaired) electrons. The summed E-state index contributed by atoms with van der Waals surface area (Å²) in [6.45, 7) is 0. The summed E-state index contributed by atoms with van der Waals surface area (Å²) in [5.74, 6) is 1.48. The summed E-state index contributed by atoms with van der Waals surface area (Å²) in [5.41, 5.74) is 2.50. The minimum absolute atomic E-state index is 0.137. The van der Waals surface area contributed by atoms with Gasteiger partial charge in [-0.1, -0.05) is 53.7 Å². The standard InChI is InChI=1S/C23H19ClN4O2S/c1-30-20-13-9-18(10-14-20)25-21(29)15-31-23-27-26-22(16-5-3-2-4-6-16)28(23)19-11-7-17(24)8-12-19/h2-14H,15H2,1H3,(H,25,29). The van der Waals surface area contributed by atoms with Crippen LogP contribution in [0.5, 0.6) is 5.75 Å². The summed E-state index contributed by atoms with van der Waals surface area (Å²) in [5, 5.41) is 12.9. The van der Waals surface area contributed by atoms with Gasteiger partial charge in [-0.3, -0.25) is 9.36 Å². The van der Waals surface area contributed by atoms with E-state index in [9.17, 15) is 4.79 Å². The van der Waals surface area contributed by atoms with Crippen molar-refractivity contribution in [2.24, 2.45) is 0 Å². The number of carbonyl (C=O) groups is 1. The van der Waals surface area contributed by atoms with Crippen molar-refractivity contribution in [3.05, 3.63) is 83.9 Å². The molecule has 1 N–H and O–H groups in total. The van der Waals surface area contributed by atoms with Crippen LogP contribution in [0, 0.1) is 0 Å². The number of aromatic nitrogens is 3. The maximum atomic E-state index is 12.5. The second-order valence-electron chi connectivity index (χ2n) is 6.55. The van der Waals surface area contributed by atoms with Gasteiger partial charge in [-0.25, -0.2) is 0 Å². The maximum absolute atomic E-state index is 12.5. The van der Waals surface area contributed by atoms with Gasteiger partial charge < -0.3 is 10.1 Å². The summed E-state index contributed by atoms with van der Waals surface area (Å²) in [7, 11) is 1.60. The molecule has 1 amide bonds. The lowest BCUT2D eigenvalue weighted by Gasteiger charge is -2.11. The lowest BCUT2D eigenvalue weighted by molar-refractivity contribution is -0.113. The molecule has 6 nitrogen and oxygen atoms in total. The van der Waals surface area contributed by atoms with E-state index in [1.165, 1.54) is 11.8 Å². The van der Waals surface area contributed by atoms with Crippen LogP contribution in [0.2, 0.25) is 5.02 Å². The molecular formula is C23H19ClN4O2S. The van der Waals surface area contributed by atoms with Crippen LogP contribution < -0.4 is 10.1 Å². The molecule has 31 heavy (non-hydrogen) atoms. The van der Waals surface area contributed by atoms with Gasteiger partial charge in [-0.15, -0.1) is 10.2 Å². The molecule has 1 heterocycles. The number of carbonyl (C=O) groups excluding carboxylic acids is 1. The van der Waals surface area contributed by atoms with Gasteiger partial charge in [0.1, 0.15) is 5.75 Å². The Morgan fingerprint density at radius 1 is 1.00 bits per heavy atom. The topological polar surface area (TPSA) is 69.0 Å². The number of benzene rings is 3.